The molecule has 3 aliphatic heterocycles. The molecular weight excluding hydrogens is 480 g/mol. The smallest absolute Gasteiger partial charge is 0.371 e. The lowest BCUT2D eigenvalue weighted by atomic mass is 9.92. The van der Waals surface area contributed by atoms with E-state index in [1.165, 1.54) is 42.5 Å². The van der Waals surface area contributed by atoms with Gasteiger partial charge >= 0.3 is 5.97 Å². The van der Waals surface area contributed by atoms with Gasteiger partial charge in [-0.25, -0.2) is 4.79 Å². The van der Waals surface area contributed by atoms with Crippen LogP contribution in [0.2, 0.25) is 0 Å². The molecule has 5 rings (SSSR count). The van der Waals surface area contributed by atoms with E-state index in [-0.39, 0.29) is 39.9 Å². The molecule has 2 aromatic rings. The monoisotopic (exact) mass is 502 g/mol. The van der Waals surface area contributed by atoms with Crippen LogP contribution in [0.15, 0.2) is 54.0 Å². The molecule has 6 atom stereocenters. The molecule has 190 valence electrons. The molecule has 3 heterocycles. The van der Waals surface area contributed by atoms with Gasteiger partial charge in [0.25, 0.3) is 0 Å². The number of hydrogen-bond acceptors (Lipinski definition) is 11. The molecule has 12 heteroatoms. The molecule has 0 radical (unpaired) electrons. The maximum absolute atomic E-state index is 11.8. The normalized spacial score (nSPS) is 28.9. The standard InChI is InChI=1S/C24H22O12/c25-8-16-18(28)19(29)20(30)24(35-16)36-22-12-7-15(23(31)32)33-13-5-11(27)6-14(17(12)13)34-21(22)9-1-3-10(26)4-2-9/h1-7,16,18-21,24-30H,8H2,(H,31,32)/t16-,18-,19+,20-,21?,24+/m1/s1. The highest BCUT2D eigenvalue weighted by Gasteiger charge is 2.47. The number of aliphatic carboxylic acids is 1. The number of allylic oxidation sites excluding steroid dienone is 2. The van der Waals surface area contributed by atoms with Crippen LogP contribution in [0.5, 0.6) is 23.0 Å². The van der Waals surface area contributed by atoms with Crippen molar-refractivity contribution in [2.24, 2.45) is 0 Å². The van der Waals surface area contributed by atoms with E-state index >= 15 is 0 Å². The van der Waals surface area contributed by atoms with Crippen molar-refractivity contribution in [1.29, 1.82) is 0 Å². The second-order valence-electron chi connectivity index (χ2n) is 8.42. The summed E-state index contributed by atoms with van der Waals surface area (Å²) in [5, 5.41) is 69.9. The topological polar surface area (TPSA) is 196 Å². The van der Waals surface area contributed by atoms with E-state index in [9.17, 15) is 40.5 Å². The number of ether oxygens (including phenoxy) is 4. The first kappa shape index (κ1) is 23.9. The average molecular weight is 502 g/mol. The third-order valence-electron chi connectivity index (χ3n) is 6.06. The van der Waals surface area contributed by atoms with Crippen molar-refractivity contribution in [3.05, 3.63) is 65.1 Å². The lowest BCUT2D eigenvalue weighted by Crippen LogP contribution is -2.59. The zero-order valence-electron chi connectivity index (χ0n) is 18.4. The van der Waals surface area contributed by atoms with E-state index in [4.69, 9.17) is 18.9 Å². The van der Waals surface area contributed by atoms with Gasteiger partial charge in [-0.2, -0.15) is 0 Å². The van der Waals surface area contributed by atoms with Crippen LogP contribution in [-0.2, 0) is 14.3 Å². The molecule has 36 heavy (non-hydrogen) atoms. The average Bonchev–Trinajstić information content (AvgIpc) is 2.85. The fourth-order valence-corrected chi connectivity index (χ4v) is 4.27. The molecule has 12 nitrogen and oxygen atoms in total. The van der Waals surface area contributed by atoms with Gasteiger partial charge in [0.05, 0.1) is 12.2 Å². The number of rotatable bonds is 5. The number of benzene rings is 2. The first-order chi connectivity index (χ1) is 17.2. The van der Waals surface area contributed by atoms with E-state index in [1.807, 2.05) is 0 Å². The van der Waals surface area contributed by atoms with Gasteiger partial charge in [-0.1, -0.05) is 12.1 Å². The van der Waals surface area contributed by atoms with Crippen LogP contribution >= 0.6 is 0 Å². The highest BCUT2D eigenvalue weighted by atomic mass is 16.7. The molecular formula is C24H22O12. The van der Waals surface area contributed by atoms with E-state index in [2.05, 4.69) is 0 Å². The summed E-state index contributed by atoms with van der Waals surface area (Å²) in [6.45, 7) is -0.683. The molecule has 1 fully saturated rings. The number of aliphatic hydroxyl groups excluding tert-OH is 4. The summed E-state index contributed by atoms with van der Waals surface area (Å²) in [6.07, 6.45) is -7.86. The predicted molar refractivity (Wildman–Crippen MR) is 118 cm³/mol. The Bertz CT molecular complexity index is 1250. The molecule has 1 unspecified atom stereocenters. The van der Waals surface area contributed by atoms with E-state index in [0.717, 1.165) is 0 Å². The Balaban J connectivity index is 1.68. The van der Waals surface area contributed by atoms with Gasteiger partial charge in [0.15, 0.2) is 11.9 Å². The molecule has 3 aliphatic rings. The van der Waals surface area contributed by atoms with Gasteiger partial charge in [0.2, 0.25) is 12.0 Å². The Kier molecular flexibility index (Phi) is 5.98. The molecule has 0 spiro atoms. The van der Waals surface area contributed by atoms with Crippen molar-refractivity contribution in [2.45, 2.75) is 36.8 Å². The summed E-state index contributed by atoms with van der Waals surface area (Å²) in [4.78, 5) is 11.8. The van der Waals surface area contributed by atoms with Crippen LogP contribution in [0, 0.1) is 0 Å². The maximum atomic E-state index is 11.8. The Labute approximate surface area is 203 Å². The van der Waals surface area contributed by atoms with Gasteiger partial charge in [0, 0.05) is 29.3 Å². The number of carbonyl (C=O) groups is 1. The molecule has 7 N–H and O–H groups in total. The van der Waals surface area contributed by atoms with Crippen LogP contribution < -0.4 is 9.47 Å². The minimum Gasteiger partial charge on any atom is -0.508 e. The van der Waals surface area contributed by atoms with Crippen molar-refractivity contribution in [2.75, 3.05) is 6.61 Å². The van der Waals surface area contributed by atoms with Gasteiger partial charge in [-0.15, -0.1) is 0 Å². The summed E-state index contributed by atoms with van der Waals surface area (Å²) >= 11 is 0. The molecule has 0 bridgehead atoms. The third-order valence-corrected chi connectivity index (χ3v) is 6.06. The summed E-state index contributed by atoms with van der Waals surface area (Å²) < 4.78 is 23.0. The Morgan fingerprint density at radius 3 is 2.31 bits per heavy atom. The highest BCUT2D eigenvalue weighted by molar-refractivity contribution is 5.95. The van der Waals surface area contributed by atoms with Gasteiger partial charge in [-0.3, -0.25) is 0 Å². The number of phenols is 2. The molecule has 2 aromatic carbocycles. The molecule has 0 amide bonds. The van der Waals surface area contributed by atoms with Gasteiger partial charge in [0.1, 0.15) is 47.4 Å². The lowest BCUT2D eigenvalue weighted by molar-refractivity contribution is -0.293. The molecule has 0 aliphatic carbocycles. The van der Waals surface area contributed by atoms with Gasteiger partial charge in [-0.05, 0) is 12.1 Å². The highest BCUT2D eigenvalue weighted by Crippen LogP contribution is 2.51. The fourth-order valence-electron chi connectivity index (χ4n) is 4.27. The van der Waals surface area contributed by atoms with Crippen molar-refractivity contribution in [3.8, 4) is 23.0 Å². The molecule has 1 saturated heterocycles. The fraction of sp³-hybridized carbons (Fsp3) is 0.292. The Hall–Kier alpha value is -3.81. The number of carboxylic acids is 1. The summed E-state index contributed by atoms with van der Waals surface area (Å²) in [5.74, 6) is -2.12. The zero-order valence-corrected chi connectivity index (χ0v) is 18.4. The molecule has 0 aromatic heterocycles. The first-order valence-corrected chi connectivity index (χ1v) is 10.8. The number of aromatic hydroxyl groups is 2. The second-order valence-corrected chi connectivity index (χ2v) is 8.42. The summed E-state index contributed by atoms with van der Waals surface area (Å²) in [7, 11) is 0. The van der Waals surface area contributed by atoms with Crippen LogP contribution in [-0.4, -0.2) is 79.0 Å². The third kappa shape index (κ3) is 4.00. The van der Waals surface area contributed by atoms with Crippen molar-refractivity contribution in [1.82, 2.24) is 0 Å². The van der Waals surface area contributed by atoms with Crippen LogP contribution in [0.3, 0.4) is 0 Å². The van der Waals surface area contributed by atoms with Crippen molar-refractivity contribution in [3.63, 3.8) is 0 Å². The Morgan fingerprint density at radius 1 is 0.944 bits per heavy atom. The van der Waals surface area contributed by atoms with Crippen LogP contribution in [0.25, 0.3) is 5.57 Å². The summed E-state index contributed by atoms with van der Waals surface area (Å²) in [6, 6.07) is 8.33. The quantitative estimate of drug-likeness (QED) is 0.292. The summed E-state index contributed by atoms with van der Waals surface area (Å²) in [5.41, 5.74) is 0.865. The van der Waals surface area contributed by atoms with Gasteiger partial charge < -0.3 is 54.7 Å². The van der Waals surface area contributed by atoms with E-state index in [0.29, 0.717) is 5.56 Å². The number of carboxylic acid groups (broad SMARTS) is 1. The molecule has 0 saturated carbocycles. The van der Waals surface area contributed by atoms with Crippen LogP contribution in [0.1, 0.15) is 17.2 Å². The van der Waals surface area contributed by atoms with Crippen molar-refractivity contribution >= 4 is 11.5 Å². The maximum Gasteiger partial charge on any atom is 0.371 e. The second kappa shape index (κ2) is 9.00. The number of hydrogen-bond donors (Lipinski definition) is 7. The zero-order chi connectivity index (χ0) is 25.7. The minimum atomic E-state index is -1.75. The number of aliphatic hydroxyl groups is 4. The first-order valence-electron chi connectivity index (χ1n) is 10.8. The van der Waals surface area contributed by atoms with E-state index < -0.39 is 55.1 Å². The van der Waals surface area contributed by atoms with E-state index in [1.54, 1.807) is 0 Å². The number of phenolic OH excluding ortho intramolecular Hbond substituents is 2. The van der Waals surface area contributed by atoms with Crippen LogP contribution in [0.4, 0.5) is 0 Å². The largest absolute Gasteiger partial charge is 0.508 e. The SMILES string of the molecule is O=C(O)C1=CC2=C(O[C@@H]3O[C@H](CO)[C@@H](O)[C@H](O)[C@H]3O)C(c3ccc(O)cc3)Oc3cc(O)cc(c32)O1. The minimum absolute atomic E-state index is 0.0287. The predicted octanol–water partition coefficient (Wildman–Crippen LogP) is 0.120. The van der Waals surface area contributed by atoms with Crippen molar-refractivity contribution < 1.29 is 59.5 Å². The lowest BCUT2D eigenvalue weighted by Gasteiger charge is -2.41. The Morgan fingerprint density at radius 2 is 1.64 bits per heavy atom.